The summed E-state index contributed by atoms with van der Waals surface area (Å²) in [5.41, 5.74) is 1.30. The van der Waals surface area contributed by atoms with Gasteiger partial charge in [-0.15, -0.1) is 0 Å². The van der Waals surface area contributed by atoms with Gasteiger partial charge < -0.3 is 19.5 Å². The molecule has 0 saturated heterocycles. The van der Waals surface area contributed by atoms with Crippen LogP contribution in [-0.4, -0.2) is 37.3 Å². The average Bonchev–Trinajstić information content (AvgIpc) is 2.62. The van der Waals surface area contributed by atoms with Crippen LogP contribution in [0.2, 0.25) is 0 Å². The van der Waals surface area contributed by atoms with Gasteiger partial charge in [0.1, 0.15) is 13.2 Å². The van der Waals surface area contributed by atoms with Gasteiger partial charge in [-0.1, -0.05) is 43.5 Å². The van der Waals surface area contributed by atoms with Gasteiger partial charge >= 0.3 is 18.0 Å². The third-order valence-corrected chi connectivity index (χ3v) is 3.05. The molecule has 1 N–H and O–H groups in total. The molecule has 0 saturated carbocycles. The number of carbonyl (C=O) groups is 3. The van der Waals surface area contributed by atoms with Crippen molar-refractivity contribution in [2.24, 2.45) is 0 Å². The summed E-state index contributed by atoms with van der Waals surface area (Å²) >= 11 is 0. The van der Waals surface area contributed by atoms with E-state index in [0.29, 0.717) is 0 Å². The standard InChI is InChI=1S/C19H23NO6/c1-13(2)17(21)24-11-16(12-25-18(22)14(3)4)26-19(23)20-10-15-8-6-5-7-9-15/h5-9,16H,1,3,10-12H2,2,4H3,(H,20,23). The number of alkyl carbamates (subject to hydrolysis) is 1. The lowest BCUT2D eigenvalue weighted by atomic mass is 10.2. The Kier molecular flexibility index (Phi) is 8.63. The minimum absolute atomic E-state index is 0.205. The minimum atomic E-state index is -0.961. The summed E-state index contributed by atoms with van der Waals surface area (Å²) in [6, 6.07) is 9.25. The lowest BCUT2D eigenvalue weighted by molar-refractivity contribution is -0.147. The molecule has 1 rings (SSSR count). The Hall–Kier alpha value is -3.09. The molecule has 26 heavy (non-hydrogen) atoms. The van der Waals surface area contributed by atoms with Crippen LogP contribution in [-0.2, 0) is 30.3 Å². The van der Waals surface area contributed by atoms with Crippen LogP contribution in [0.5, 0.6) is 0 Å². The zero-order valence-electron chi connectivity index (χ0n) is 14.9. The fraction of sp³-hybridized carbons (Fsp3) is 0.316. The fourth-order valence-corrected chi connectivity index (χ4v) is 1.66. The number of benzene rings is 1. The van der Waals surface area contributed by atoms with Crippen LogP contribution in [0.15, 0.2) is 54.6 Å². The summed E-state index contributed by atoms with van der Waals surface area (Å²) in [5.74, 6) is -1.26. The van der Waals surface area contributed by atoms with E-state index in [1.54, 1.807) is 0 Å². The van der Waals surface area contributed by atoms with Crippen molar-refractivity contribution in [2.45, 2.75) is 26.5 Å². The van der Waals surface area contributed by atoms with Gasteiger partial charge in [0.15, 0.2) is 6.10 Å². The van der Waals surface area contributed by atoms with Crippen molar-refractivity contribution < 1.29 is 28.6 Å². The number of hydrogen-bond acceptors (Lipinski definition) is 6. The summed E-state index contributed by atoms with van der Waals surface area (Å²) < 4.78 is 15.1. The van der Waals surface area contributed by atoms with Crippen LogP contribution < -0.4 is 5.32 Å². The van der Waals surface area contributed by atoms with Gasteiger partial charge in [0.25, 0.3) is 0 Å². The molecule has 0 radical (unpaired) electrons. The molecule has 1 amide bonds. The number of carbonyl (C=O) groups excluding carboxylic acids is 3. The first kappa shape index (κ1) is 21.0. The van der Waals surface area contributed by atoms with Gasteiger partial charge in [-0.2, -0.15) is 0 Å². The highest BCUT2D eigenvalue weighted by Crippen LogP contribution is 2.03. The Bertz CT molecular complexity index is 638. The molecule has 1 aromatic carbocycles. The quantitative estimate of drug-likeness (QED) is 0.413. The lowest BCUT2D eigenvalue weighted by Gasteiger charge is -2.18. The van der Waals surface area contributed by atoms with E-state index in [9.17, 15) is 14.4 Å². The van der Waals surface area contributed by atoms with Crippen LogP contribution >= 0.6 is 0 Å². The second kappa shape index (κ2) is 10.7. The van der Waals surface area contributed by atoms with Crippen molar-refractivity contribution in [1.29, 1.82) is 0 Å². The fourth-order valence-electron chi connectivity index (χ4n) is 1.66. The molecule has 1 aromatic rings. The smallest absolute Gasteiger partial charge is 0.407 e. The molecule has 0 spiro atoms. The molecular weight excluding hydrogens is 338 g/mol. The van der Waals surface area contributed by atoms with E-state index in [1.807, 2.05) is 30.3 Å². The first-order valence-electron chi connectivity index (χ1n) is 7.93. The molecule has 0 atom stereocenters. The molecule has 0 aliphatic rings. The molecule has 0 unspecified atom stereocenters. The van der Waals surface area contributed by atoms with Crippen molar-refractivity contribution in [2.75, 3.05) is 13.2 Å². The van der Waals surface area contributed by atoms with Crippen molar-refractivity contribution in [1.82, 2.24) is 5.32 Å². The largest absolute Gasteiger partial charge is 0.458 e. The van der Waals surface area contributed by atoms with Crippen LogP contribution in [0.25, 0.3) is 0 Å². The van der Waals surface area contributed by atoms with Crippen LogP contribution in [0, 0.1) is 0 Å². The van der Waals surface area contributed by atoms with E-state index >= 15 is 0 Å². The third-order valence-electron chi connectivity index (χ3n) is 3.05. The molecule has 7 heteroatoms. The van der Waals surface area contributed by atoms with Crippen LogP contribution in [0.4, 0.5) is 4.79 Å². The predicted octanol–water partition coefficient (Wildman–Crippen LogP) is 2.52. The highest BCUT2D eigenvalue weighted by Gasteiger charge is 2.19. The van der Waals surface area contributed by atoms with Gasteiger partial charge in [-0.3, -0.25) is 0 Å². The number of ether oxygens (including phenoxy) is 3. The van der Waals surface area contributed by atoms with Crippen molar-refractivity contribution in [3.63, 3.8) is 0 Å². The number of hydrogen-bond donors (Lipinski definition) is 1. The van der Waals surface area contributed by atoms with Gasteiger partial charge in [-0.05, 0) is 19.4 Å². The molecule has 140 valence electrons. The molecular formula is C19H23NO6. The van der Waals surface area contributed by atoms with E-state index in [1.165, 1.54) is 13.8 Å². The van der Waals surface area contributed by atoms with Gasteiger partial charge in [0.05, 0.1) is 0 Å². The van der Waals surface area contributed by atoms with E-state index < -0.39 is 24.1 Å². The average molecular weight is 361 g/mol. The van der Waals surface area contributed by atoms with E-state index in [0.717, 1.165) is 5.56 Å². The summed E-state index contributed by atoms with van der Waals surface area (Å²) in [6.07, 6.45) is -1.69. The SMILES string of the molecule is C=C(C)C(=O)OCC(COC(=O)C(=C)C)OC(=O)NCc1ccccc1. The van der Waals surface area contributed by atoms with Crippen LogP contribution in [0.3, 0.4) is 0 Å². The summed E-state index contributed by atoms with van der Waals surface area (Å²) in [4.78, 5) is 34.9. The van der Waals surface area contributed by atoms with E-state index in [2.05, 4.69) is 18.5 Å². The number of nitrogens with one attached hydrogen (secondary N) is 1. The zero-order valence-corrected chi connectivity index (χ0v) is 14.9. The molecule has 0 aromatic heterocycles. The maximum absolute atomic E-state index is 11.9. The van der Waals surface area contributed by atoms with Crippen molar-refractivity contribution in [3.05, 3.63) is 60.2 Å². The van der Waals surface area contributed by atoms with E-state index in [4.69, 9.17) is 14.2 Å². The second-order valence-corrected chi connectivity index (χ2v) is 5.62. The second-order valence-electron chi connectivity index (χ2n) is 5.62. The molecule has 0 bridgehead atoms. The number of rotatable bonds is 9. The minimum Gasteiger partial charge on any atom is -0.458 e. The first-order valence-corrected chi connectivity index (χ1v) is 7.93. The Morgan fingerprint density at radius 1 is 0.962 bits per heavy atom. The molecule has 0 aliphatic carbocycles. The highest BCUT2D eigenvalue weighted by atomic mass is 16.6. The summed E-state index contributed by atoms with van der Waals surface area (Å²) in [5, 5.41) is 2.57. The third kappa shape index (κ3) is 8.14. The Balaban J connectivity index is 2.56. The van der Waals surface area contributed by atoms with E-state index in [-0.39, 0.29) is 30.9 Å². The topological polar surface area (TPSA) is 90.9 Å². The Morgan fingerprint density at radius 3 is 1.92 bits per heavy atom. The molecule has 0 fully saturated rings. The van der Waals surface area contributed by atoms with Gasteiger partial charge in [-0.25, -0.2) is 14.4 Å². The normalized spacial score (nSPS) is 9.96. The highest BCUT2D eigenvalue weighted by molar-refractivity contribution is 5.87. The van der Waals surface area contributed by atoms with Crippen LogP contribution in [0.1, 0.15) is 19.4 Å². The van der Waals surface area contributed by atoms with Gasteiger partial charge in [0, 0.05) is 17.7 Å². The molecule has 0 heterocycles. The lowest BCUT2D eigenvalue weighted by Crippen LogP contribution is -2.35. The Morgan fingerprint density at radius 2 is 1.46 bits per heavy atom. The zero-order chi connectivity index (χ0) is 19.5. The van der Waals surface area contributed by atoms with Crippen molar-refractivity contribution >= 4 is 18.0 Å². The summed E-state index contributed by atoms with van der Waals surface area (Å²) in [7, 11) is 0. The maximum atomic E-state index is 11.9. The van der Waals surface area contributed by atoms with Crippen molar-refractivity contribution in [3.8, 4) is 0 Å². The predicted molar refractivity (Wildman–Crippen MR) is 95.1 cm³/mol. The molecule has 0 aliphatic heterocycles. The Labute approximate surface area is 152 Å². The first-order chi connectivity index (χ1) is 12.3. The van der Waals surface area contributed by atoms with Gasteiger partial charge in [0.2, 0.25) is 0 Å². The monoisotopic (exact) mass is 361 g/mol. The number of esters is 2. The molecule has 7 nitrogen and oxygen atoms in total. The summed E-state index contributed by atoms with van der Waals surface area (Å²) in [6.45, 7) is 9.64. The number of amides is 1. The maximum Gasteiger partial charge on any atom is 0.407 e.